The first-order chi connectivity index (χ1) is 12.4. The Morgan fingerprint density at radius 3 is 2.69 bits per heavy atom. The van der Waals surface area contributed by atoms with Crippen molar-refractivity contribution in [1.29, 1.82) is 0 Å². The van der Waals surface area contributed by atoms with Crippen molar-refractivity contribution in [3.63, 3.8) is 0 Å². The summed E-state index contributed by atoms with van der Waals surface area (Å²) in [6.45, 7) is 3.84. The molecule has 0 bridgehead atoms. The number of anilines is 1. The highest BCUT2D eigenvalue weighted by Gasteiger charge is 2.19. The molecule has 0 aliphatic carbocycles. The zero-order chi connectivity index (χ0) is 18.8. The van der Waals surface area contributed by atoms with Gasteiger partial charge in [-0.25, -0.2) is 0 Å². The number of amides is 1. The molecule has 0 aliphatic heterocycles. The average Bonchev–Trinajstić information content (AvgIpc) is 2.62. The molecule has 0 saturated heterocycles. The number of nitrogens with zero attached hydrogens (tertiary/aromatic N) is 2. The van der Waals surface area contributed by atoms with Crippen molar-refractivity contribution in [3.05, 3.63) is 74.4 Å². The Kier molecular flexibility index (Phi) is 4.86. The third-order valence-electron chi connectivity index (χ3n) is 4.20. The van der Waals surface area contributed by atoms with Crippen molar-refractivity contribution in [2.45, 2.75) is 20.3 Å². The van der Waals surface area contributed by atoms with Crippen LogP contribution in [0.1, 0.15) is 28.5 Å². The molecular weight excluding hydrogens is 354 g/mol. The summed E-state index contributed by atoms with van der Waals surface area (Å²) in [4.78, 5) is 28.0. The van der Waals surface area contributed by atoms with Gasteiger partial charge in [-0.2, -0.15) is 0 Å². The molecule has 3 rings (SSSR count). The highest BCUT2D eigenvalue weighted by molar-refractivity contribution is 6.32. The smallest absolute Gasteiger partial charge is 0.289 e. The SMILES string of the molecule is CCc1nc2ccccc2c(C(=O)Nc2ccc(Cl)c([N+](=O)[O-])c2)c1C. The van der Waals surface area contributed by atoms with Gasteiger partial charge in [-0.15, -0.1) is 0 Å². The van der Waals surface area contributed by atoms with Gasteiger partial charge in [0.2, 0.25) is 0 Å². The maximum atomic E-state index is 12.9. The molecule has 0 aliphatic rings. The van der Waals surface area contributed by atoms with Crippen LogP contribution in [-0.2, 0) is 6.42 Å². The number of nitro benzene ring substituents is 1. The van der Waals surface area contributed by atoms with Gasteiger partial charge in [-0.05, 0) is 37.1 Å². The van der Waals surface area contributed by atoms with Gasteiger partial charge in [-0.3, -0.25) is 19.9 Å². The van der Waals surface area contributed by atoms with E-state index in [0.717, 1.165) is 22.2 Å². The minimum atomic E-state index is -0.583. The third kappa shape index (κ3) is 3.23. The summed E-state index contributed by atoms with van der Waals surface area (Å²) in [7, 11) is 0. The Morgan fingerprint density at radius 2 is 2.00 bits per heavy atom. The lowest BCUT2D eigenvalue weighted by Crippen LogP contribution is -2.16. The lowest BCUT2D eigenvalue weighted by molar-refractivity contribution is -0.384. The number of aryl methyl sites for hydroxylation is 1. The van der Waals surface area contributed by atoms with E-state index in [-0.39, 0.29) is 16.6 Å². The summed E-state index contributed by atoms with van der Waals surface area (Å²) >= 11 is 5.83. The van der Waals surface area contributed by atoms with Gasteiger partial charge >= 0.3 is 0 Å². The maximum absolute atomic E-state index is 12.9. The van der Waals surface area contributed by atoms with Crippen LogP contribution in [0.3, 0.4) is 0 Å². The standard InChI is InChI=1S/C19H16ClN3O3/c1-3-15-11(2)18(13-6-4-5-7-16(13)22-15)19(24)21-12-8-9-14(20)17(10-12)23(25)26/h4-10H,3H2,1-2H3,(H,21,24). The molecule has 0 radical (unpaired) electrons. The molecule has 7 heteroatoms. The summed E-state index contributed by atoms with van der Waals surface area (Å²) in [5.41, 5.74) is 2.95. The number of benzene rings is 2. The number of carbonyl (C=O) groups is 1. The molecule has 0 atom stereocenters. The van der Waals surface area contributed by atoms with Crippen molar-refractivity contribution in [2.75, 3.05) is 5.32 Å². The molecule has 132 valence electrons. The number of fused-ring (bicyclic) bond motifs is 1. The second-order valence-corrected chi connectivity index (χ2v) is 6.21. The molecule has 3 aromatic rings. The first-order valence-corrected chi connectivity index (χ1v) is 8.43. The average molecular weight is 370 g/mol. The van der Waals surface area contributed by atoms with Crippen LogP contribution in [0.5, 0.6) is 0 Å². The van der Waals surface area contributed by atoms with Crippen LogP contribution in [0.25, 0.3) is 10.9 Å². The molecule has 0 spiro atoms. The fourth-order valence-corrected chi connectivity index (χ4v) is 3.11. The zero-order valence-corrected chi connectivity index (χ0v) is 15.0. The van der Waals surface area contributed by atoms with E-state index in [1.807, 2.05) is 38.1 Å². The minimum Gasteiger partial charge on any atom is -0.322 e. The second kappa shape index (κ2) is 7.09. The van der Waals surface area contributed by atoms with E-state index in [4.69, 9.17) is 11.6 Å². The molecule has 0 fully saturated rings. The van der Waals surface area contributed by atoms with Crippen LogP contribution in [0.2, 0.25) is 5.02 Å². The van der Waals surface area contributed by atoms with Gasteiger partial charge in [0, 0.05) is 22.8 Å². The number of nitro groups is 1. The second-order valence-electron chi connectivity index (χ2n) is 5.81. The highest BCUT2D eigenvalue weighted by atomic mass is 35.5. The monoisotopic (exact) mass is 369 g/mol. The molecule has 26 heavy (non-hydrogen) atoms. The Labute approximate surface area is 155 Å². The molecule has 1 aromatic heterocycles. The normalized spacial score (nSPS) is 10.7. The van der Waals surface area contributed by atoms with E-state index >= 15 is 0 Å². The molecular formula is C19H16ClN3O3. The largest absolute Gasteiger partial charge is 0.322 e. The van der Waals surface area contributed by atoms with Crippen LogP contribution in [0, 0.1) is 17.0 Å². The lowest BCUT2D eigenvalue weighted by atomic mass is 9.99. The molecule has 0 unspecified atom stereocenters. The van der Waals surface area contributed by atoms with Crippen LogP contribution < -0.4 is 5.32 Å². The zero-order valence-electron chi connectivity index (χ0n) is 14.2. The maximum Gasteiger partial charge on any atom is 0.289 e. The number of para-hydroxylation sites is 1. The molecule has 0 saturated carbocycles. The predicted octanol–water partition coefficient (Wildman–Crippen LogP) is 4.92. The first-order valence-electron chi connectivity index (χ1n) is 8.06. The van der Waals surface area contributed by atoms with Gasteiger partial charge in [0.25, 0.3) is 11.6 Å². The number of pyridine rings is 1. The summed E-state index contributed by atoms with van der Waals surface area (Å²) in [6.07, 6.45) is 0.698. The predicted molar refractivity (Wildman–Crippen MR) is 102 cm³/mol. The molecule has 2 aromatic carbocycles. The molecule has 1 amide bonds. The number of hydrogen-bond donors (Lipinski definition) is 1. The van der Waals surface area contributed by atoms with E-state index in [2.05, 4.69) is 10.3 Å². The summed E-state index contributed by atoms with van der Waals surface area (Å²) in [6, 6.07) is 11.6. The van der Waals surface area contributed by atoms with Crippen molar-refractivity contribution < 1.29 is 9.72 Å². The fraction of sp³-hybridized carbons (Fsp3) is 0.158. The number of halogens is 1. The third-order valence-corrected chi connectivity index (χ3v) is 4.52. The van der Waals surface area contributed by atoms with Gasteiger partial charge < -0.3 is 5.32 Å². The summed E-state index contributed by atoms with van der Waals surface area (Å²) in [5, 5.41) is 14.5. The fourth-order valence-electron chi connectivity index (χ4n) is 2.92. The Hall–Kier alpha value is -2.99. The number of aromatic nitrogens is 1. The van der Waals surface area contributed by atoms with E-state index < -0.39 is 4.92 Å². The quantitative estimate of drug-likeness (QED) is 0.522. The lowest BCUT2D eigenvalue weighted by Gasteiger charge is -2.14. The molecule has 1 N–H and O–H groups in total. The number of nitrogens with one attached hydrogen (secondary N) is 1. The number of rotatable bonds is 4. The Balaban J connectivity index is 2.07. The van der Waals surface area contributed by atoms with Gasteiger partial charge in [0.1, 0.15) is 5.02 Å². The Morgan fingerprint density at radius 1 is 1.27 bits per heavy atom. The van der Waals surface area contributed by atoms with Gasteiger partial charge in [-0.1, -0.05) is 36.7 Å². The van der Waals surface area contributed by atoms with Crippen molar-refractivity contribution >= 4 is 39.8 Å². The molecule has 6 nitrogen and oxygen atoms in total. The summed E-state index contributed by atoms with van der Waals surface area (Å²) < 4.78 is 0. The number of hydrogen-bond acceptors (Lipinski definition) is 4. The summed E-state index contributed by atoms with van der Waals surface area (Å²) in [5.74, 6) is -0.340. The first kappa shape index (κ1) is 17.8. The van der Waals surface area contributed by atoms with Crippen molar-refractivity contribution in [2.24, 2.45) is 0 Å². The van der Waals surface area contributed by atoms with Gasteiger partial charge in [0.15, 0.2) is 0 Å². The minimum absolute atomic E-state index is 0.0202. The number of carbonyl (C=O) groups excluding carboxylic acids is 1. The van der Waals surface area contributed by atoms with Crippen LogP contribution in [0.15, 0.2) is 42.5 Å². The van der Waals surface area contributed by atoms with E-state index in [1.54, 1.807) is 0 Å². The topological polar surface area (TPSA) is 85.1 Å². The highest BCUT2D eigenvalue weighted by Crippen LogP contribution is 2.29. The van der Waals surface area contributed by atoms with Gasteiger partial charge in [0.05, 0.1) is 16.0 Å². The van der Waals surface area contributed by atoms with E-state index in [9.17, 15) is 14.9 Å². The van der Waals surface area contributed by atoms with Crippen LogP contribution in [0.4, 0.5) is 11.4 Å². The van der Waals surface area contributed by atoms with E-state index in [0.29, 0.717) is 17.7 Å². The van der Waals surface area contributed by atoms with Crippen molar-refractivity contribution in [1.82, 2.24) is 4.98 Å². The Bertz CT molecular complexity index is 1030. The van der Waals surface area contributed by atoms with Crippen LogP contribution in [-0.4, -0.2) is 15.8 Å². The van der Waals surface area contributed by atoms with Crippen LogP contribution >= 0.6 is 11.6 Å². The van der Waals surface area contributed by atoms with E-state index in [1.165, 1.54) is 18.2 Å². The molecule has 1 heterocycles. The van der Waals surface area contributed by atoms with Crippen molar-refractivity contribution in [3.8, 4) is 0 Å².